The van der Waals surface area contributed by atoms with Crippen LogP contribution in [0.2, 0.25) is 5.02 Å². The predicted molar refractivity (Wildman–Crippen MR) is 114 cm³/mol. The molecular formula is C21H19ClN2O4S. The Morgan fingerprint density at radius 1 is 0.966 bits per heavy atom. The third-order valence-corrected chi connectivity index (χ3v) is 5.52. The number of carbonyl (C=O) groups excluding carboxylic acids is 1. The van der Waals surface area contributed by atoms with Crippen molar-refractivity contribution < 1.29 is 17.9 Å². The van der Waals surface area contributed by atoms with Gasteiger partial charge in [0.25, 0.3) is 15.9 Å². The van der Waals surface area contributed by atoms with Crippen LogP contribution < -0.4 is 14.8 Å². The topological polar surface area (TPSA) is 84.5 Å². The summed E-state index contributed by atoms with van der Waals surface area (Å²) in [5.41, 5.74) is 1.12. The zero-order chi connectivity index (χ0) is 20.9. The molecule has 2 N–H and O–H groups in total. The first-order chi connectivity index (χ1) is 13.9. The highest BCUT2D eigenvalue weighted by Gasteiger charge is 2.17. The van der Waals surface area contributed by atoms with E-state index in [0.29, 0.717) is 28.8 Å². The van der Waals surface area contributed by atoms with Gasteiger partial charge in [0.15, 0.2) is 0 Å². The van der Waals surface area contributed by atoms with Crippen LogP contribution in [-0.2, 0) is 10.0 Å². The van der Waals surface area contributed by atoms with Crippen molar-refractivity contribution in [1.29, 1.82) is 0 Å². The first-order valence-corrected chi connectivity index (χ1v) is 10.7. The normalized spacial score (nSPS) is 11.0. The Hall–Kier alpha value is -3.03. The minimum atomic E-state index is -3.88. The fourth-order valence-corrected chi connectivity index (χ4v) is 3.86. The van der Waals surface area contributed by atoms with Crippen LogP contribution in [0.5, 0.6) is 5.75 Å². The second kappa shape index (κ2) is 8.98. The lowest BCUT2D eigenvalue weighted by molar-refractivity contribution is 0.102. The third kappa shape index (κ3) is 5.49. The number of carbonyl (C=O) groups is 1. The van der Waals surface area contributed by atoms with Gasteiger partial charge in [-0.15, -0.1) is 0 Å². The van der Waals surface area contributed by atoms with Gasteiger partial charge in [0.1, 0.15) is 5.75 Å². The van der Waals surface area contributed by atoms with Crippen molar-refractivity contribution in [2.75, 3.05) is 16.6 Å². The number of hydrogen-bond acceptors (Lipinski definition) is 4. The van der Waals surface area contributed by atoms with Gasteiger partial charge in [-0.05, 0) is 67.6 Å². The van der Waals surface area contributed by atoms with Gasteiger partial charge >= 0.3 is 0 Å². The van der Waals surface area contributed by atoms with Crippen LogP contribution in [0.4, 0.5) is 11.4 Å². The molecule has 0 aliphatic heterocycles. The molecule has 0 aromatic heterocycles. The molecule has 0 bridgehead atoms. The Morgan fingerprint density at radius 2 is 1.69 bits per heavy atom. The molecule has 0 radical (unpaired) electrons. The Bertz CT molecular complexity index is 1120. The van der Waals surface area contributed by atoms with Crippen LogP contribution in [-0.4, -0.2) is 20.9 Å². The summed E-state index contributed by atoms with van der Waals surface area (Å²) in [7, 11) is -3.88. The van der Waals surface area contributed by atoms with E-state index >= 15 is 0 Å². The highest BCUT2D eigenvalue weighted by Crippen LogP contribution is 2.21. The molecule has 150 valence electrons. The quantitative estimate of drug-likeness (QED) is 0.564. The van der Waals surface area contributed by atoms with Gasteiger partial charge in [0, 0.05) is 16.3 Å². The zero-order valence-electron chi connectivity index (χ0n) is 15.6. The van der Waals surface area contributed by atoms with Gasteiger partial charge < -0.3 is 10.1 Å². The summed E-state index contributed by atoms with van der Waals surface area (Å²) in [6, 6.07) is 19.1. The van der Waals surface area contributed by atoms with Crippen molar-refractivity contribution >= 4 is 38.9 Å². The highest BCUT2D eigenvalue weighted by atomic mass is 35.5. The van der Waals surface area contributed by atoms with Crippen LogP contribution >= 0.6 is 11.6 Å². The monoisotopic (exact) mass is 430 g/mol. The lowest BCUT2D eigenvalue weighted by Crippen LogP contribution is -2.16. The second-order valence-corrected chi connectivity index (χ2v) is 8.17. The number of amides is 1. The molecule has 0 saturated heterocycles. The maximum absolute atomic E-state index is 12.6. The van der Waals surface area contributed by atoms with E-state index in [1.165, 1.54) is 24.3 Å². The summed E-state index contributed by atoms with van der Waals surface area (Å²) >= 11 is 5.90. The van der Waals surface area contributed by atoms with Gasteiger partial charge in [0.05, 0.1) is 17.2 Å². The van der Waals surface area contributed by atoms with E-state index in [4.69, 9.17) is 16.3 Å². The van der Waals surface area contributed by atoms with Crippen LogP contribution in [0.15, 0.2) is 77.7 Å². The number of nitrogens with one attached hydrogen (secondary N) is 2. The van der Waals surface area contributed by atoms with Crippen molar-refractivity contribution in [1.82, 2.24) is 0 Å². The van der Waals surface area contributed by atoms with Crippen molar-refractivity contribution in [2.24, 2.45) is 0 Å². The van der Waals surface area contributed by atoms with E-state index in [9.17, 15) is 13.2 Å². The van der Waals surface area contributed by atoms with Gasteiger partial charge in [-0.25, -0.2) is 8.42 Å². The molecule has 8 heteroatoms. The van der Waals surface area contributed by atoms with Gasteiger partial charge in [-0.2, -0.15) is 0 Å². The van der Waals surface area contributed by atoms with Crippen molar-refractivity contribution in [3.8, 4) is 5.75 Å². The Kier molecular flexibility index (Phi) is 6.41. The van der Waals surface area contributed by atoms with Gasteiger partial charge in [-0.3, -0.25) is 9.52 Å². The SMILES string of the molecule is CCOc1ccc(NC(=O)c2cccc(S(=O)(=O)Nc3cccc(Cl)c3)c2)cc1. The first-order valence-electron chi connectivity index (χ1n) is 8.80. The molecule has 0 heterocycles. The first kappa shape index (κ1) is 20.7. The third-order valence-electron chi connectivity index (χ3n) is 3.91. The minimum Gasteiger partial charge on any atom is -0.494 e. The molecule has 0 aliphatic rings. The van der Waals surface area contributed by atoms with E-state index in [-0.39, 0.29) is 10.5 Å². The summed E-state index contributed by atoms with van der Waals surface area (Å²) in [6.45, 7) is 2.44. The van der Waals surface area contributed by atoms with Crippen LogP contribution in [0.1, 0.15) is 17.3 Å². The van der Waals surface area contributed by atoms with Crippen molar-refractivity contribution in [3.63, 3.8) is 0 Å². The van der Waals surface area contributed by atoms with Crippen LogP contribution in [0, 0.1) is 0 Å². The number of ether oxygens (including phenoxy) is 1. The largest absolute Gasteiger partial charge is 0.494 e. The zero-order valence-corrected chi connectivity index (χ0v) is 17.1. The van der Waals surface area contributed by atoms with E-state index in [0.717, 1.165) is 0 Å². The molecule has 29 heavy (non-hydrogen) atoms. The number of rotatable bonds is 7. The summed E-state index contributed by atoms with van der Waals surface area (Å²) in [6.07, 6.45) is 0. The van der Waals surface area contributed by atoms with Gasteiger partial charge in [-0.1, -0.05) is 23.7 Å². The minimum absolute atomic E-state index is 0.0307. The summed E-state index contributed by atoms with van der Waals surface area (Å²) < 4.78 is 33.1. The van der Waals surface area contributed by atoms with Crippen molar-refractivity contribution in [2.45, 2.75) is 11.8 Å². The summed E-state index contributed by atoms with van der Waals surface area (Å²) in [4.78, 5) is 12.5. The number of halogens is 1. The lowest BCUT2D eigenvalue weighted by atomic mass is 10.2. The van der Waals surface area contributed by atoms with Crippen molar-refractivity contribution in [3.05, 3.63) is 83.4 Å². The molecule has 0 atom stereocenters. The Labute approximate surface area is 174 Å². The maximum atomic E-state index is 12.6. The van der Waals surface area contributed by atoms with E-state index in [1.54, 1.807) is 48.5 Å². The molecule has 3 aromatic rings. The maximum Gasteiger partial charge on any atom is 0.261 e. The number of sulfonamides is 1. The fraction of sp³-hybridized carbons (Fsp3) is 0.0952. The molecule has 0 fully saturated rings. The van der Waals surface area contributed by atoms with Gasteiger partial charge in [0.2, 0.25) is 0 Å². The number of benzene rings is 3. The van der Waals surface area contributed by atoms with E-state index in [1.807, 2.05) is 6.92 Å². The number of hydrogen-bond donors (Lipinski definition) is 2. The van der Waals surface area contributed by atoms with E-state index in [2.05, 4.69) is 10.0 Å². The smallest absolute Gasteiger partial charge is 0.261 e. The molecular weight excluding hydrogens is 412 g/mol. The molecule has 0 saturated carbocycles. The summed E-state index contributed by atoms with van der Waals surface area (Å²) in [5, 5.41) is 3.15. The molecule has 0 spiro atoms. The number of anilines is 2. The average Bonchev–Trinajstić information content (AvgIpc) is 2.69. The molecule has 0 unspecified atom stereocenters. The molecule has 3 aromatic carbocycles. The lowest BCUT2D eigenvalue weighted by Gasteiger charge is -2.10. The second-order valence-electron chi connectivity index (χ2n) is 6.06. The van der Waals surface area contributed by atoms with Crippen LogP contribution in [0.3, 0.4) is 0 Å². The standard InChI is InChI=1S/C21H19ClN2O4S/c1-2-28-19-11-9-17(10-12-19)23-21(25)15-5-3-8-20(13-15)29(26,27)24-18-7-4-6-16(22)14-18/h3-14,24H,2H2,1H3,(H,23,25). The Balaban J connectivity index is 1.76. The summed E-state index contributed by atoms with van der Waals surface area (Å²) in [5.74, 6) is 0.277. The molecule has 3 rings (SSSR count). The van der Waals surface area contributed by atoms with Crippen LogP contribution in [0.25, 0.3) is 0 Å². The molecule has 1 amide bonds. The molecule has 0 aliphatic carbocycles. The fourth-order valence-electron chi connectivity index (χ4n) is 2.57. The van der Waals surface area contributed by atoms with E-state index < -0.39 is 15.9 Å². The Morgan fingerprint density at radius 3 is 2.38 bits per heavy atom. The molecule has 6 nitrogen and oxygen atoms in total. The average molecular weight is 431 g/mol. The predicted octanol–water partition coefficient (Wildman–Crippen LogP) is 4.79. The highest BCUT2D eigenvalue weighted by molar-refractivity contribution is 7.92.